The molecule has 0 N–H and O–H groups in total. The molecule has 0 saturated carbocycles. The first kappa shape index (κ1) is 14.1. The molecule has 0 amide bonds. The maximum absolute atomic E-state index is 11.7. The molecule has 0 saturated heterocycles. The average Bonchev–Trinajstić information content (AvgIpc) is 2.48. The smallest absolute Gasteiger partial charge is 0.338 e. The highest BCUT2D eigenvalue weighted by Crippen LogP contribution is 2.16. The van der Waals surface area contributed by atoms with E-state index >= 15 is 0 Å². The van der Waals surface area contributed by atoms with Gasteiger partial charge in [-0.2, -0.15) is 0 Å². The first-order chi connectivity index (χ1) is 9.70. The molecule has 0 radical (unpaired) electrons. The minimum Gasteiger partial charge on any atom is -0.465 e. The van der Waals surface area contributed by atoms with Gasteiger partial charge in [-0.05, 0) is 30.5 Å². The first-order valence-electron chi connectivity index (χ1n) is 6.59. The van der Waals surface area contributed by atoms with E-state index in [0.717, 1.165) is 12.0 Å². The Hall–Kier alpha value is -2.35. The molecule has 0 bridgehead atoms. The van der Waals surface area contributed by atoms with Crippen LogP contribution < -0.4 is 0 Å². The topological polar surface area (TPSA) is 26.3 Å². The molecule has 2 aromatic carbocycles. The van der Waals surface area contributed by atoms with E-state index in [1.807, 2.05) is 42.5 Å². The van der Waals surface area contributed by atoms with Crippen LogP contribution in [-0.2, 0) is 11.2 Å². The summed E-state index contributed by atoms with van der Waals surface area (Å²) >= 11 is 0. The molecule has 0 aliphatic rings. The van der Waals surface area contributed by atoms with Crippen LogP contribution in [0.2, 0.25) is 0 Å². The third-order valence-electron chi connectivity index (χ3n) is 3.09. The predicted octanol–water partition coefficient (Wildman–Crippen LogP) is 4.12. The van der Waals surface area contributed by atoms with Gasteiger partial charge in [-0.3, -0.25) is 0 Å². The van der Waals surface area contributed by atoms with Crippen molar-refractivity contribution in [2.75, 3.05) is 7.11 Å². The van der Waals surface area contributed by atoms with Crippen molar-refractivity contribution in [3.63, 3.8) is 0 Å². The Kier molecular flexibility index (Phi) is 4.72. The minimum absolute atomic E-state index is 0.302. The van der Waals surface area contributed by atoms with Gasteiger partial charge in [0.1, 0.15) is 0 Å². The van der Waals surface area contributed by atoms with Crippen LogP contribution in [0.1, 0.15) is 28.4 Å². The van der Waals surface area contributed by atoms with E-state index in [0.29, 0.717) is 5.56 Å². The molecule has 0 unspecified atom stereocenters. The summed E-state index contributed by atoms with van der Waals surface area (Å²) in [4.78, 5) is 11.7. The SMILES string of the molecule is COC(=O)c1ccccc1C=C(C)Cc1ccccc1. The molecule has 0 heterocycles. The molecule has 2 aromatic rings. The highest BCUT2D eigenvalue weighted by atomic mass is 16.5. The molecular formula is C18H18O2. The van der Waals surface area contributed by atoms with Crippen LogP contribution >= 0.6 is 0 Å². The molecule has 2 nitrogen and oxygen atoms in total. The van der Waals surface area contributed by atoms with Crippen molar-refractivity contribution in [1.82, 2.24) is 0 Å². The van der Waals surface area contributed by atoms with Crippen molar-refractivity contribution in [2.24, 2.45) is 0 Å². The number of esters is 1. The number of carbonyl (C=O) groups excluding carboxylic acids is 1. The maximum atomic E-state index is 11.7. The third-order valence-corrected chi connectivity index (χ3v) is 3.09. The number of methoxy groups -OCH3 is 1. The van der Waals surface area contributed by atoms with Crippen molar-refractivity contribution in [1.29, 1.82) is 0 Å². The lowest BCUT2D eigenvalue weighted by molar-refractivity contribution is 0.0600. The Morgan fingerprint density at radius 2 is 1.70 bits per heavy atom. The molecule has 0 spiro atoms. The second-order valence-electron chi connectivity index (χ2n) is 4.73. The van der Waals surface area contributed by atoms with Gasteiger partial charge in [0.05, 0.1) is 12.7 Å². The normalized spacial score (nSPS) is 11.2. The number of ether oxygens (including phenoxy) is 1. The summed E-state index contributed by atoms with van der Waals surface area (Å²) < 4.78 is 4.81. The lowest BCUT2D eigenvalue weighted by Crippen LogP contribution is -2.03. The number of carbonyl (C=O) groups is 1. The van der Waals surface area contributed by atoms with Gasteiger partial charge in [0.2, 0.25) is 0 Å². The zero-order valence-electron chi connectivity index (χ0n) is 11.8. The van der Waals surface area contributed by atoms with Crippen LogP contribution in [0, 0.1) is 0 Å². The monoisotopic (exact) mass is 266 g/mol. The molecule has 0 aliphatic carbocycles. The summed E-state index contributed by atoms with van der Waals surface area (Å²) in [6.45, 7) is 2.07. The van der Waals surface area contributed by atoms with Gasteiger partial charge in [-0.1, -0.05) is 60.2 Å². The van der Waals surface area contributed by atoms with E-state index in [1.54, 1.807) is 6.07 Å². The third kappa shape index (κ3) is 3.58. The van der Waals surface area contributed by atoms with Gasteiger partial charge in [0.25, 0.3) is 0 Å². The molecule has 2 heteroatoms. The van der Waals surface area contributed by atoms with E-state index in [4.69, 9.17) is 4.74 Å². The fourth-order valence-electron chi connectivity index (χ4n) is 2.15. The van der Waals surface area contributed by atoms with Crippen molar-refractivity contribution >= 4 is 12.0 Å². The second-order valence-corrected chi connectivity index (χ2v) is 4.73. The van der Waals surface area contributed by atoms with E-state index in [9.17, 15) is 4.79 Å². The molecule has 0 atom stereocenters. The molecule has 0 aromatic heterocycles. The second kappa shape index (κ2) is 6.71. The van der Waals surface area contributed by atoms with Crippen molar-refractivity contribution < 1.29 is 9.53 Å². The summed E-state index contributed by atoms with van der Waals surface area (Å²) in [6, 6.07) is 17.8. The molecule has 2 rings (SSSR count). The lowest BCUT2D eigenvalue weighted by Gasteiger charge is -2.06. The number of rotatable bonds is 4. The average molecular weight is 266 g/mol. The highest BCUT2D eigenvalue weighted by molar-refractivity contribution is 5.93. The van der Waals surface area contributed by atoms with E-state index < -0.39 is 0 Å². The van der Waals surface area contributed by atoms with E-state index in [2.05, 4.69) is 19.1 Å². The van der Waals surface area contributed by atoms with Gasteiger partial charge in [-0.15, -0.1) is 0 Å². The Morgan fingerprint density at radius 1 is 1.05 bits per heavy atom. The molecule has 20 heavy (non-hydrogen) atoms. The Balaban J connectivity index is 2.24. The zero-order chi connectivity index (χ0) is 14.4. The molecule has 0 fully saturated rings. The van der Waals surface area contributed by atoms with Gasteiger partial charge in [0, 0.05) is 0 Å². The summed E-state index contributed by atoms with van der Waals surface area (Å²) in [5.74, 6) is -0.302. The van der Waals surface area contributed by atoms with Crippen molar-refractivity contribution in [3.05, 3.63) is 76.9 Å². The van der Waals surface area contributed by atoms with E-state index in [-0.39, 0.29) is 5.97 Å². The van der Waals surface area contributed by atoms with Crippen LogP contribution in [0.15, 0.2) is 60.2 Å². The zero-order valence-corrected chi connectivity index (χ0v) is 11.8. The number of allylic oxidation sites excluding steroid dienone is 1. The van der Waals surface area contributed by atoms with Gasteiger partial charge >= 0.3 is 5.97 Å². The van der Waals surface area contributed by atoms with Crippen LogP contribution in [-0.4, -0.2) is 13.1 Å². The Morgan fingerprint density at radius 3 is 2.40 bits per heavy atom. The minimum atomic E-state index is -0.302. The summed E-state index contributed by atoms with van der Waals surface area (Å²) in [5.41, 5.74) is 3.96. The number of hydrogen-bond acceptors (Lipinski definition) is 2. The number of benzene rings is 2. The molecule has 102 valence electrons. The Bertz CT molecular complexity index is 612. The quantitative estimate of drug-likeness (QED) is 0.778. The summed E-state index contributed by atoms with van der Waals surface area (Å²) in [7, 11) is 1.40. The van der Waals surface area contributed by atoms with E-state index in [1.165, 1.54) is 18.2 Å². The van der Waals surface area contributed by atoms with Gasteiger partial charge < -0.3 is 4.74 Å². The largest absolute Gasteiger partial charge is 0.465 e. The molecule has 0 aliphatic heterocycles. The summed E-state index contributed by atoms with van der Waals surface area (Å²) in [5, 5.41) is 0. The first-order valence-corrected chi connectivity index (χ1v) is 6.59. The maximum Gasteiger partial charge on any atom is 0.338 e. The number of hydrogen-bond donors (Lipinski definition) is 0. The fourth-order valence-corrected chi connectivity index (χ4v) is 2.15. The van der Waals surface area contributed by atoms with Gasteiger partial charge in [-0.25, -0.2) is 4.79 Å². The predicted molar refractivity (Wildman–Crippen MR) is 81.6 cm³/mol. The van der Waals surface area contributed by atoms with Crippen LogP contribution in [0.5, 0.6) is 0 Å². The highest BCUT2D eigenvalue weighted by Gasteiger charge is 2.09. The van der Waals surface area contributed by atoms with Crippen LogP contribution in [0.3, 0.4) is 0 Å². The van der Waals surface area contributed by atoms with Gasteiger partial charge in [0.15, 0.2) is 0 Å². The lowest BCUT2D eigenvalue weighted by atomic mass is 10.0. The molecular weight excluding hydrogens is 248 g/mol. The fraction of sp³-hybridized carbons (Fsp3) is 0.167. The van der Waals surface area contributed by atoms with Crippen molar-refractivity contribution in [2.45, 2.75) is 13.3 Å². The van der Waals surface area contributed by atoms with Crippen molar-refractivity contribution in [3.8, 4) is 0 Å². The van der Waals surface area contributed by atoms with Crippen LogP contribution in [0.4, 0.5) is 0 Å². The standard InChI is InChI=1S/C18H18O2/c1-14(12-15-8-4-3-5-9-15)13-16-10-6-7-11-17(16)18(19)20-2/h3-11,13H,12H2,1-2H3. The Labute approximate surface area is 119 Å². The van der Waals surface area contributed by atoms with Crippen LogP contribution in [0.25, 0.3) is 6.08 Å². The summed E-state index contributed by atoms with van der Waals surface area (Å²) in [6.07, 6.45) is 2.91.